The van der Waals surface area contributed by atoms with E-state index in [-0.39, 0.29) is 38.7 Å². The number of benzene rings is 1. The first-order valence-electron chi connectivity index (χ1n) is 8.27. The lowest BCUT2D eigenvalue weighted by Gasteiger charge is -2.39. The molecule has 0 heterocycles. The van der Waals surface area contributed by atoms with E-state index in [9.17, 15) is 19.8 Å². The van der Waals surface area contributed by atoms with Crippen molar-refractivity contribution >= 4 is 23.5 Å². The molecule has 25 heavy (non-hydrogen) atoms. The number of carbonyl (C=O) groups is 2. The van der Waals surface area contributed by atoms with E-state index in [2.05, 4.69) is 0 Å². The summed E-state index contributed by atoms with van der Waals surface area (Å²) in [7, 11) is 0. The molecule has 1 fully saturated rings. The van der Waals surface area contributed by atoms with E-state index in [0.717, 1.165) is 5.56 Å². The number of esters is 2. The zero-order valence-corrected chi connectivity index (χ0v) is 15.1. The minimum absolute atomic E-state index is 0.00786. The molecule has 0 aromatic heterocycles. The second kappa shape index (κ2) is 7.72. The Bertz CT molecular complexity index is 625. The molecule has 0 spiro atoms. The van der Waals surface area contributed by atoms with Crippen LogP contribution < -0.4 is 0 Å². The van der Waals surface area contributed by atoms with Gasteiger partial charge in [-0.3, -0.25) is 4.79 Å². The maximum absolute atomic E-state index is 12.4. The van der Waals surface area contributed by atoms with Crippen molar-refractivity contribution in [1.82, 2.24) is 0 Å². The summed E-state index contributed by atoms with van der Waals surface area (Å²) in [5.74, 6) is -3.12. The largest absolute Gasteiger partial charge is 0.463 e. The van der Waals surface area contributed by atoms with E-state index in [1.165, 1.54) is 0 Å². The van der Waals surface area contributed by atoms with Crippen LogP contribution in [0, 0.1) is 6.92 Å². The molecule has 0 aliphatic heterocycles. The molecule has 0 radical (unpaired) electrons. The van der Waals surface area contributed by atoms with Crippen molar-refractivity contribution in [2.45, 2.75) is 57.3 Å². The molecule has 1 aromatic rings. The Balaban J connectivity index is 2.16. The van der Waals surface area contributed by atoms with E-state index < -0.39 is 23.3 Å². The Morgan fingerprint density at radius 3 is 2.40 bits per heavy atom. The number of ether oxygens (including phenoxy) is 2. The van der Waals surface area contributed by atoms with E-state index in [1.54, 1.807) is 19.1 Å². The molecule has 1 aliphatic rings. The zero-order valence-electron chi connectivity index (χ0n) is 14.4. The Morgan fingerprint density at radius 1 is 1.20 bits per heavy atom. The Labute approximate surface area is 151 Å². The SMILES string of the molecule is CCOC(=O)C1(OC(=O)Cc2c(C)cccc2Cl)CCC(O)(O)CC1. The average molecular weight is 371 g/mol. The lowest BCUT2D eigenvalue weighted by atomic mass is 9.81. The molecule has 1 saturated carbocycles. The van der Waals surface area contributed by atoms with E-state index in [1.807, 2.05) is 13.0 Å². The summed E-state index contributed by atoms with van der Waals surface area (Å²) in [6.07, 6.45) is -0.247. The van der Waals surface area contributed by atoms with Gasteiger partial charge in [0.05, 0.1) is 13.0 Å². The fourth-order valence-corrected chi connectivity index (χ4v) is 3.24. The first-order chi connectivity index (χ1) is 11.7. The number of hydrogen-bond donors (Lipinski definition) is 2. The molecule has 0 amide bonds. The van der Waals surface area contributed by atoms with Gasteiger partial charge in [0.2, 0.25) is 5.60 Å². The summed E-state index contributed by atoms with van der Waals surface area (Å²) in [6.45, 7) is 3.64. The maximum atomic E-state index is 12.4. The van der Waals surface area contributed by atoms with Gasteiger partial charge in [-0.15, -0.1) is 0 Å². The minimum atomic E-state index is -1.86. The number of aliphatic hydroxyl groups is 2. The summed E-state index contributed by atoms with van der Waals surface area (Å²) in [6, 6.07) is 5.31. The van der Waals surface area contributed by atoms with Gasteiger partial charge in [0, 0.05) is 30.7 Å². The Kier molecular flexibility index (Phi) is 6.08. The Hall–Kier alpha value is -1.63. The molecule has 1 aliphatic carbocycles. The van der Waals surface area contributed by atoms with Crippen molar-refractivity contribution in [2.75, 3.05) is 6.61 Å². The molecule has 0 bridgehead atoms. The minimum Gasteiger partial charge on any atom is -0.463 e. The molecular weight excluding hydrogens is 348 g/mol. The molecule has 7 heteroatoms. The molecule has 0 unspecified atom stereocenters. The van der Waals surface area contributed by atoms with Crippen LogP contribution in [0.3, 0.4) is 0 Å². The summed E-state index contributed by atoms with van der Waals surface area (Å²) in [5.41, 5.74) is 0.00248. The third kappa shape index (κ3) is 4.71. The van der Waals surface area contributed by atoms with Crippen molar-refractivity contribution in [3.8, 4) is 0 Å². The van der Waals surface area contributed by atoms with Gasteiger partial charge in [-0.25, -0.2) is 4.79 Å². The monoisotopic (exact) mass is 370 g/mol. The molecule has 0 atom stereocenters. The predicted molar refractivity (Wildman–Crippen MR) is 91.0 cm³/mol. The summed E-state index contributed by atoms with van der Waals surface area (Å²) >= 11 is 6.14. The fourth-order valence-electron chi connectivity index (χ4n) is 2.95. The first kappa shape index (κ1) is 19.7. The maximum Gasteiger partial charge on any atom is 0.350 e. The topological polar surface area (TPSA) is 93.1 Å². The molecule has 0 saturated heterocycles. The lowest BCUT2D eigenvalue weighted by Crippen LogP contribution is -2.51. The molecular formula is C18H23ClO6. The molecule has 138 valence electrons. The number of hydrogen-bond acceptors (Lipinski definition) is 6. The van der Waals surface area contributed by atoms with Gasteiger partial charge < -0.3 is 19.7 Å². The van der Waals surface area contributed by atoms with Crippen LogP contribution in [0.5, 0.6) is 0 Å². The van der Waals surface area contributed by atoms with Gasteiger partial charge in [-0.2, -0.15) is 0 Å². The quantitative estimate of drug-likeness (QED) is 0.610. The second-order valence-corrected chi connectivity index (χ2v) is 6.79. The van der Waals surface area contributed by atoms with Crippen LogP contribution in [0.1, 0.15) is 43.7 Å². The van der Waals surface area contributed by atoms with Crippen LogP contribution in [0.4, 0.5) is 0 Å². The van der Waals surface area contributed by atoms with E-state index >= 15 is 0 Å². The van der Waals surface area contributed by atoms with Gasteiger partial charge in [0.15, 0.2) is 5.79 Å². The van der Waals surface area contributed by atoms with Gasteiger partial charge in [-0.1, -0.05) is 23.7 Å². The summed E-state index contributed by atoms with van der Waals surface area (Å²) < 4.78 is 10.6. The predicted octanol–water partition coefficient (Wildman–Crippen LogP) is 2.29. The third-order valence-electron chi connectivity index (χ3n) is 4.49. The van der Waals surface area contributed by atoms with Crippen molar-refractivity contribution < 1.29 is 29.3 Å². The van der Waals surface area contributed by atoms with Crippen molar-refractivity contribution in [3.05, 3.63) is 34.3 Å². The number of halogens is 1. The smallest absolute Gasteiger partial charge is 0.350 e. The highest BCUT2D eigenvalue weighted by atomic mass is 35.5. The third-order valence-corrected chi connectivity index (χ3v) is 4.84. The highest BCUT2D eigenvalue weighted by Gasteiger charge is 2.50. The fraction of sp³-hybridized carbons (Fsp3) is 0.556. The van der Waals surface area contributed by atoms with E-state index in [0.29, 0.717) is 10.6 Å². The van der Waals surface area contributed by atoms with Gasteiger partial charge >= 0.3 is 11.9 Å². The van der Waals surface area contributed by atoms with Gasteiger partial charge in [0.25, 0.3) is 0 Å². The van der Waals surface area contributed by atoms with Crippen molar-refractivity contribution in [1.29, 1.82) is 0 Å². The zero-order chi connectivity index (χ0) is 18.7. The average Bonchev–Trinajstić information content (AvgIpc) is 2.54. The second-order valence-electron chi connectivity index (χ2n) is 6.38. The number of carbonyl (C=O) groups excluding carboxylic acids is 2. The molecule has 6 nitrogen and oxygen atoms in total. The standard InChI is InChI=1S/C18H23ClO6/c1-3-24-16(21)17(7-9-18(22,23)10-8-17)25-15(20)11-13-12(2)5-4-6-14(13)19/h4-6,22-23H,3,7-11H2,1-2H3. The van der Waals surface area contributed by atoms with Crippen molar-refractivity contribution in [2.24, 2.45) is 0 Å². The van der Waals surface area contributed by atoms with Crippen LogP contribution >= 0.6 is 11.6 Å². The Morgan fingerprint density at radius 2 is 1.84 bits per heavy atom. The number of aryl methyl sites for hydroxylation is 1. The summed E-state index contributed by atoms with van der Waals surface area (Å²) in [5, 5.41) is 19.9. The first-order valence-corrected chi connectivity index (χ1v) is 8.65. The molecule has 2 rings (SSSR count). The van der Waals surface area contributed by atoms with Crippen LogP contribution in [-0.2, 0) is 25.5 Å². The van der Waals surface area contributed by atoms with Gasteiger partial charge in [-0.05, 0) is 31.0 Å². The lowest BCUT2D eigenvalue weighted by molar-refractivity contribution is -0.222. The summed E-state index contributed by atoms with van der Waals surface area (Å²) in [4.78, 5) is 24.8. The van der Waals surface area contributed by atoms with Crippen molar-refractivity contribution in [3.63, 3.8) is 0 Å². The normalized spacial score (nSPS) is 18.4. The van der Waals surface area contributed by atoms with Gasteiger partial charge in [0.1, 0.15) is 0 Å². The number of rotatable bonds is 5. The highest BCUT2D eigenvalue weighted by Crippen LogP contribution is 2.37. The van der Waals surface area contributed by atoms with E-state index in [4.69, 9.17) is 21.1 Å². The van der Waals surface area contributed by atoms with Crippen LogP contribution in [0.15, 0.2) is 18.2 Å². The highest BCUT2D eigenvalue weighted by molar-refractivity contribution is 6.31. The van der Waals surface area contributed by atoms with Crippen LogP contribution in [-0.4, -0.2) is 40.1 Å². The molecule has 2 N–H and O–H groups in total. The molecule has 1 aromatic carbocycles. The van der Waals surface area contributed by atoms with Crippen LogP contribution in [0.25, 0.3) is 0 Å². The van der Waals surface area contributed by atoms with Crippen LogP contribution in [0.2, 0.25) is 5.02 Å².